The van der Waals surface area contributed by atoms with Crippen LogP contribution in [-0.4, -0.2) is 56.8 Å². The molecule has 32 heavy (non-hydrogen) atoms. The van der Waals surface area contributed by atoms with E-state index in [-0.39, 0.29) is 6.03 Å². The van der Waals surface area contributed by atoms with Gasteiger partial charge in [0.2, 0.25) is 0 Å². The first-order chi connectivity index (χ1) is 15.7. The first-order valence-corrected chi connectivity index (χ1v) is 11.9. The van der Waals surface area contributed by atoms with E-state index in [9.17, 15) is 4.79 Å². The van der Waals surface area contributed by atoms with Crippen LogP contribution >= 0.6 is 0 Å². The molecule has 2 heterocycles. The van der Waals surface area contributed by atoms with E-state index >= 15 is 0 Å². The van der Waals surface area contributed by atoms with Gasteiger partial charge in [0.1, 0.15) is 5.75 Å². The number of methoxy groups -OCH3 is 1. The van der Waals surface area contributed by atoms with Gasteiger partial charge in [0.25, 0.3) is 0 Å². The van der Waals surface area contributed by atoms with Gasteiger partial charge in [-0.3, -0.25) is 4.90 Å². The summed E-state index contributed by atoms with van der Waals surface area (Å²) in [6, 6.07) is 19.2. The predicted molar refractivity (Wildman–Crippen MR) is 129 cm³/mol. The van der Waals surface area contributed by atoms with Crippen LogP contribution in [0.2, 0.25) is 0 Å². The number of nitrogens with zero attached hydrogens (tertiary/aromatic N) is 2. The Kier molecular flexibility index (Phi) is 7.88. The second kappa shape index (κ2) is 11.2. The number of hydrogen-bond donors (Lipinski definition) is 2. The molecule has 2 atom stereocenters. The van der Waals surface area contributed by atoms with Gasteiger partial charge in [-0.05, 0) is 49.4 Å². The number of benzene rings is 2. The zero-order chi connectivity index (χ0) is 22.2. The van der Waals surface area contributed by atoms with Crippen LogP contribution < -0.4 is 20.3 Å². The van der Waals surface area contributed by atoms with Crippen molar-refractivity contribution in [1.82, 2.24) is 15.5 Å². The minimum Gasteiger partial charge on any atom is -0.497 e. The van der Waals surface area contributed by atoms with Crippen molar-refractivity contribution in [2.75, 3.05) is 44.7 Å². The van der Waals surface area contributed by atoms with Crippen LogP contribution in [0, 0.1) is 5.92 Å². The molecule has 0 radical (unpaired) electrons. The van der Waals surface area contributed by atoms with Gasteiger partial charge in [0, 0.05) is 50.5 Å². The van der Waals surface area contributed by atoms with Crippen molar-refractivity contribution in [1.29, 1.82) is 0 Å². The minimum absolute atomic E-state index is 0.0462. The number of carbonyl (C=O) groups excluding carboxylic acids is 1. The molecule has 2 aromatic carbocycles. The fourth-order valence-corrected chi connectivity index (χ4v) is 4.87. The summed E-state index contributed by atoms with van der Waals surface area (Å²) in [6.07, 6.45) is 4.71. The zero-order valence-electron chi connectivity index (χ0n) is 19.1. The SMILES string of the molecule is COc1cccc(N2CCC(CNC(=O)NCC3CCCCN3Cc3ccccc3)C2)c1. The summed E-state index contributed by atoms with van der Waals surface area (Å²) in [5.74, 6) is 1.35. The Hall–Kier alpha value is -2.73. The van der Waals surface area contributed by atoms with Gasteiger partial charge in [0.15, 0.2) is 0 Å². The van der Waals surface area contributed by atoms with Crippen LogP contribution in [0.4, 0.5) is 10.5 Å². The van der Waals surface area contributed by atoms with E-state index < -0.39 is 0 Å². The average Bonchev–Trinajstić information content (AvgIpc) is 3.32. The standard InChI is InChI=1S/C26H36N4O2/c1-32-25-12-7-11-23(16-25)30-15-13-22(20-30)17-27-26(31)28-18-24-10-5-6-14-29(24)19-21-8-3-2-4-9-21/h2-4,7-9,11-12,16,22,24H,5-6,10,13-15,17-20H2,1H3,(H2,27,28,31). The molecule has 2 unspecified atom stereocenters. The highest BCUT2D eigenvalue weighted by atomic mass is 16.5. The Balaban J connectivity index is 1.19. The van der Waals surface area contributed by atoms with Crippen LogP contribution in [0.1, 0.15) is 31.2 Å². The predicted octanol–water partition coefficient (Wildman–Crippen LogP) is 3.88. The van der Waals surface area contributed by atoms with Crippen LogP contribution in [0.15, 0.2) is 54.6 Å². The van der Waals surface area contributed by atoms with Gasteiger partial charge in [0.05, 0.1) is 7.11 Å². The van der Waals surface area contributed by atoms with E-state index in [1.807, 2.05) is 12.1 Å². The van der Waals surface area contributed by atoms with Crippen molar-refractivity contribution < 1.29 is 9.53 Å². The third-order valence-corrected chi connectivity index (χ3v) is 6.73. The maximum absolute atomic E-state index is 12.5. The first kappa shape index (κ1) is 22.5. The number of nitrogens with one attached hydrogen (secondary N) is 2. The molecule has 0 bridgehead atoms. The van der Waals surface area contributed by atoms with E-state index in [1.165, 1.54) is 24.1 Å². The number of likely N-dealkylation sites (tertiary alicyclic amines) is 1. The number of anilines is 1. The molecule has 6 heteroatoms. The van der Waals surface area contributed by atoms with E-state index in [2.05, 4.69) is 62.9 Å². The number of hydrogen-bond acceptors (Lipinski definition) is 4. The van der Waals surface area contributed by atoms with Crippen molar-refractivity contribution in [3.63, 3.8) is 0 Å². The number of amides is 2. The van der Waals surface area contributed by atoms with Crippen LogP contribution in [0.5, 0.6) is 5.75 Å². The number of urea groups is 1. The maximum Gasteiger partial charge on any atom is 0.314 e. The fraction of sp³-hybridized carbons (Fsp3) is 0.500. The molecule has 0 spiro atoms. The smallest absolute Gasteiger partial charge is 0.314 e. The number of ether oxygens (including phenoxy) is 1. The molecule has 2 fully saturated rings. The summed E-state index contributed by atoms with van der Waals surface area (Å²) in [5.41, 5.74) is 2.53. The Morgan fingerprint density at radius 2 is 1.84 bits per heavy atom. The lowest BCUT2D eigenvalue weighted by atomic mass is 10.0. The summed E-state index contributed by atoms with van der Waals surface area (Å²) in [7, 11) is 1.70. The average molecular weight is 437 g/mol. The quantitative estimate of drug-likeness (QED) is 0.660. The molecule has 0 aliphatic carbocycles. The molecule has 2 aliphatic rings. The summed E-state index contributed by atoms with van der Waals surface area (Å²) in [5, 5.41) is 6.23. The molecule has 2 N–H and O–H groups in total. The van der Waals surface area contributed by atoms with Gasteiger partial charge in [-0.25, -0.2) is 4.79 Å². The number of rotatable bonds is 8. The second-order valence-electron chi connectivity index (χ2n) is 9.00. The highest BCUT2D eigenvalue weighted by Crippen LogP contribution is 2.26. The van der Waals surface area contributed by atoms with Crippen LogP contribution in [0.3, 0.4) is 0 Å². The summed E-state index contributed by atoms with van der Waals surface area (Å²) in [4.78, 5) is 17.4. The van der Waals surface area contributed by atoms with E-state index in [1.54, 1.807) is 7.11 Å². The van der Waals surface area contributed by atoms with Crippen molar-refractivity contribution in [3.05, 3.63) is 60.2 Å². The zero-order valence-corrected chi connectivity index (χ0v) is 19.1. The first-order valence-electron chi connectivity index (χ1n) is 11.9. The molecule has 172 valence electrons. The molecule has 4 rings (SSSR count). The molecular weight excluding hydrogens is 400 g/mol. The maximum atomic E-state index is 12.5. The lowest BCUT2D eigenvalue weighted by Gasteiger charge is -2.36. The third-order valence-electron chi connectivity index (χ3n) is 6.73. The third kappa shape index (κ3) is 6.16. The second-order valence-corrected chi connectivity index (χ2v) is 9.00. The molecule has 2 saturated heterocycles. The summed E-state index contributed by atoms with van der Waals surface area (Å²) < 4.78 is 5.34. The van der Waals surface area contributed by atoms with Gasteiger partial charge >= 0.3 is 6.03 Å². The van der Waals surface area contributed by atoms with Crippen molar-refractivity contribution >= 4 is 11.7 Å². The van der Waals surface area contributed by atoms with Gasteiger partial charge in [-0.15, -0.1) is 0 Å². The molecule has 0 aromatic heterocycles. The summed E-state index contributed by atoms with van der Waals surface area (Å²) >= 11 is 0. The van der Waals surface area contributed by atoms with E-state index in [0.29, 0.717) is 25.0 Å². The van der Waals surface area contributed by atoms with Crippen LogP contribution in [0.25, 0.3) is 0 Å². The minimum atomic E-state index is -0.0462. The fourth-order valence-electron chi connectivity index (χ4n) is 4.87. The molecule has 6 nitrogen and oxygen atoms in total. The molecule has 2 aliphatic heterocycles. The highest BCUT2D eigenvalue weighted by Gasteiger charge is 2.25. The van der Waals surface area contributed by atoms with Crippen molar-refractivity contribution in [2.24, 2.45) is 5.92 Å². The lowest BCUT2D eigenvalue weighted by Crippen LogP contribution is -2.48. The van der Waals surface area contributed by atoms with Crippen LogP contribution in [-0.2, 0) is 6.54 Å². The highest BCUT2D eigenvalue weighted by molar-refractivity contribution is 5.73. The monoisotopic (exact) mass is 436 g/mol. The number of piperidine rings is 1. The molecular formula is C26H36N4O2. The molecule has 2 aromatic rings. The lowest BCUT2D eigenvalue weighted by molar-refractivity contribution is 0.138. The molecule has 0 saturated carbocycles. The Bertz CT molecular complexity index is 860. The van der Waals surface area contributed by atoms with E-state index in [0.717, 1.165) is 44.8 Å². The summed E-state index contributed by atoms with van der Waals surface area (Å²) in [6.45, 7) is 5.45. The van der Waals surface area contributed by atoms with E-state index in [4.69, 9.17) is 4.74 Å². The van der Waals surface area contributed by atoms with Gasteiger partial charge < -0.3 is 20.3 Å². The Labute approximate surface area is 191 Å². The van der Waals surface area contributed by atoms with Gasteiger partial charge in [-0.2, -0.15) is 0 Å². The van der Waals surface area contributed by atoms with Crippen molar-refractivity contribution in [2.45, 2.75) is 38.3 Å². The van der Waals surface area contributed by atoms with Crippen molar-refractivity contribution in [3.8, 4) is 5.75 Å². The number of carbonyl (C=O) groups is 1. The normalized spacial score (nSPS) is 21.3. The Morgan fingerprint density at radius 1 is 1.00 bits per heavy atom. The topological polar surface area (TPSA) is 56.8 Å². The Morgan fingerprint density at radius 3 is 2.69 bits per heavy atom. The van der Waals surface area contributed by atoms with Gasteiger partial charge in [-0.1, -0.05) is 42.8 Å². The molecule has 2 amide bonds. The largest absolute Gasteiger partial charge is 0.497 e.